The lowest BCUT2D eigenvalue weighted by Gasteiger charge is -2.34. The molecule has 0 saturated carbocycles. The van der Waals surface area contributed by atoms with Gasteiger partial charge in [-0.25, -0.2) is 0 Å². The van der Waals surface area contributed by atoms with E-state index in [1.54, 1.807) is 7.11 Å². The first-order valence-corrected chi connectivity index (χ1v) is 10.4. The Labute approximate surface area is 178 Å². The average Bonchev–Trinajstić information content (AvgIpc) is 3.18. The molecule has 3 atom stereocenters. The monoisotopic (exact) mass is 403 g/mol. The van der Waals surface area contributed by atoms with E-state index in [9.17, 15) is 5.11 Å². The Morgan fingerprint density at radius 1 is 0.967 bits per heavy atom. The van der Waals surface area contributed by atoms with Crippen LogP contribution in [0.4, 0.5) is 0 Å². The van der Waals surface area contributed by atoms with E-state index in [1.165, 1.54) is 5.56 Å². The van der Waals surface area contributed by atoms with Crippen molar-refractivity contribution in [3.8, 4) is 28.4 Å². The second-order valence-corrected chi connectivity index (χ2v) is 8.27. The Morgan fingerprint density at radius 3 is 2.33 bits per heavy atom. The molecule has 0 spiro atoms. The van der Waals surface area contributed by atoms with Crippen molar-refractivity contribution in [1.29, 1.82) is 0 Å². The van der Waals surface area contributed by atoms with E-state index in [-0.39, 0.29) is 11.3 Å². The second-order valence-electron chi connectivity index (χ2n) is 8.27. The van der Waals surface area contributed by atoms with E-state index < -0.39 is 6.10 Å². The van der Waals surface area contributed by atoms with Crippen LogP contribution in [0, 0.1) is 5.41 Å². The molecule has 4 heteroatoms. The molecule has 0 aliphatic carbocycles. The summed E-state index contributed by atoms with van der Waals surface area (Å²) in [6, 6.07) is 24.4. The maximum absolute atomic E-state index is 10.4. The van der Waals surface area contributed by atoms with E-state index in [0.717, 1.165) is 30.0 Å². The van der Waals surface area contributed by atoms with E-state index in [1.807, 2.05) is 49.4 Å². The lowest BCUT2D eigenvalue weighted by atomic mass is 9.72. The molecule has 4 rings (SSSR count). The predicted octanol–water partition coefficient (Wildman–Crippen LogP) is 5.23. The van der Waals surface area contributed by atoms with Crippen molar-refractivity contribution in [3.63, 3.8) is 0 Å². The van der Waals surface area contributed by atoms with Gasteiger partial charge in [-0.1, -0.05) is 55.5 Å². The summed E-state index contributed by atoms with van der Waals surface area (Å²) in [7, 11) is 1.65. The normalized spacial score (nSPS) is 21.9. The number of benzene rings is 3. The highest BCUT2D eigenvalue weighted by Crippen LogP contribution is 2.44. The van der Waals surface area contributed by atoms with Crippen molar-refractivity contribution >= 4 is 0 Å². The average molecular weight is 404 g/mol. The van der Waals surface area contributed by atoms with Crippen LogP contribution in [0.5, 0.6) is 17.2 Å². The zero-order valence-corrected chi connectivity index (χ0v) is 17.8. The van der Waals surface area contributed by atoms with Crippen LogP contribution in [0.2, 0.25) is 0 Å². The summed E-state index contributed by atoms with van der Waals surface area (Å²) < 4.78 is 11.7. The number of methoxy groups -OCH3 is 1. The largest absolute Gasteiger partial charge is 0.493 e. The second kappa shape index (κ2) is 8.50. The first kappa shape index (κ1) is 20.5. The van der Waals surface area contributed by atoms with Crippen LogP contribution in [0.1, 0.15) is 25.3 Å². The van der Waals surface area contributed by atoms with Crippen molar-refractivity contribution in [3.05, 3.63) is 78.4 Å². The van der Waals surface area contributed by atoms with Gasteiger partial charge in [0.2, 0.25) is 0 Å². The molecule has 3 aromatic rings. The van der Waals surface area contributed by atoms with Gasteiger partial charge < -0.3 is 19.9 Å². The fourth-order valence-electron chi connectivity index (χ4n) is 4.24. The number of aliphatic hydroxyl groups is 1. The summed E-state index contributed by atoms with van der Waals surface area (Å²) in [6.07, 6.45) is -0.408. The summed E-state index contributed by atoms with van der Waals surface area (Å²) in [6.45, 7) is 5.63. The molecule has 0 aromatic heterocycles. The Hall–Kier alpha value is -2.82. The SMILES string of the molecule is COc1ccc([C@@H]2CNC[C@@]2(C)[C@H](C)O)cc1Oc1ccc(-c2ccccc2)cc1. The third-order valence-electron chi connectivity index (χ3n) is 6.38. The maximum atomic E-state index is 10.4. The summed E-state index contributed by atoms with van der Waals surface area (Å²) in [5.41, 5.74) is 3.24. The molecule has 0 amide bonds. The summed E-state index contributed by atoms with van der Waals surface area (Å²) in [5.74, 6) is 2.33. The third kappa shape index (κ3) is 3.93. The molecule has 0 bridgehead atoms. The summed E-state index contributed by atoms with van der Waals surface area (Å²) in [4.78, 5) is 0. The highest BCUT2D eigenvalue weighted by Gasteiger charge is 2.43. The Bertz CT molecular complexity index is 985. The lowest BCUT2D eigenvalue weighted by molar-refractivity contribution is 0.0549. The Morgan fingerprint density at radius 2 is 1.67 bits per heavy atom. The Balaban J connectivity index is 1.60. The minimum atomic E-state index is -0.408. The van der Waals surface area contributed by atoms with Gasteiger partial charge in [0.05, 0.1) is 13.2 Å². The molecule has 3 aromatic carbocycles. The molecule has 0 radical (unpaired) electrons. The van der Waals surface area contributed by atoms with Gasteiger partial charge in [0.25, 0.3) is 0 Å². The summed E-state index contributed by atoms with van der Waals surface area (Å²) >= 11 is 0. The van der Waals surface area contributed by atoms with Gasteiger partial charge in [-0.15, -0.1) is 0 Å². The van der Waals surface area contributed by atoms with Crippen LogP contribution in [0.25, 0.3) is 11.1 Å². The molecule has 30 heavy (non-hydrogen) atoms. The number of ether oxygens (including phenoxy) is 2. The molecule has 4 nitrogen and oxygen atoms in total. The maximum Gasteiger partial charge on any atom is 0.169 e. The first-order chi connectivity index (χ1) is 14.5. The van der Waals surface area contributed by atoms with Crippen LogP contribution >= 0.6 is 0 Å². The van der Waals surface area contributed by atoms with Gasteiger partial charge in [-0.3, -0.25) is 0 Å². The molecular formula is C26H29NO3. The fourth-order valence-corrected chi connectivity index (χ4v) is 4.24. The summed E-state index contributed by atoms with van der Waals surface area (Å²) in [5, 5.41) is 13.8. The van der Waals surface area contributed by atoms with Gasteiger partial charge in [0.15, 0.2) is 11.5 Å². The number of hydrogen-bond acceptors (Lipinski definition) is 4. The van der Waals surface area contributed by atoms with E-state index in [4.69, 9.17) is 9.47 Å². The number of nitrogens with one attached hydrogen (secondary N) is 1. The minimum Gasteiger partial charge on any atom is -0.493 e. The number of hydrogen-bond donors (Lipinski definition) is 2. The van der Waals surface area contributed by atoms with Crippen LogP contribution in [-0.4, -0.2) is 31.4 Å². The van der Waals surface area contributed by atoms with Crippen molar-refractivity contribution in [2.24, 2.45) is 5.41 Å². The standard InChI is InChI=1S/C26H29NO3/c1-18(28)26(2)17-27-16-23(26)21-11-14-24(29-3)25(15-21)30-22-12-9-20(10-13-22)19-7-5-4-6-8-19/h4-15,18,23,27-28H,16-17H2,1-3H3/t18-,23-,26-/m0/s1. The smallest absolute Gasteiger partial charge is 0.169 e. The van der Waals surface area contributed by atoms with Crippen molar-refractivity contribution in [1.82, 2.24) is 5.32 Å². The fraction of sp³-hybridized carbons (Fsp3) is 0.308. The quantitative estimate of drug-likeness (QED) is 0.592. The van der Waals surface area contributed by atoms with Crippen molar-refractivity contribution in [2.75, 3.05) is 20.2 Å². The topological polar surface area (TPSA) is 50.7 Å². The number of aliphatic hydroxyl groups excluding tert-OH is 1. The lowest BCUT2D eigenvalue weighted by Crippen LogP contribution is -2.36. The molecule has 1 heterocycles. The molecule has 2 N–H and O–H groups in total. The van der Waals surface area contributed by atoms with Crippen LogP contribution in [-0.2, 0) is 0 Å². The van der Waals surface area contributed by atoms with Crippen LogP contribution < -0.4 is 14.8 Å². The molecule has 1 aliphatic heterocycles. The predicted molar refractivity (Wildman–Crippen MR) is 120 cm³/mol. The highest BCUT2D eigenvalue weighted by atomic mass is 16.5. The van der Waals surface area contributed by atoms with Gasteiger partial charge >= 0.3 is 0 Å². The van der Waals surface area contributed by atoms with Crippen LogP contribution in [0.15, 0.2) is 72.8 Å². The molecule has 1 aliphatic rings. The van der Waals surface area contributed by atoms with Crippen molar-refractivity contribution in [2.45, 2.75) is 25.9 Å². The van der Waals surface area contributed by atoms with E-state index in [0.29, 0.717) is 11.5 Å². The van der Waals surface area contributed by atoms with Gasteiger partial charge in [-0.2, -0.15) is 0 Å². The zero-order chi connectivity index (χ0) is 21.1. The molecule has 1 fully saturated rings. The van der Waals surface area contributed by atoms with Gasteiger partial charge in [0.1, 0.15) is 5.75 Å². The zero-order valence-electron chi connectivity index (χ0n) is 17.8. The number of rotatable bonds is 6. The van der Waals surface area contributed by atoms with Crippen molar-refractivity contribution < 1.29 is 14.6 Å². The molecule has 0 unspecified atom stereocenters. The van der Waals surface area contributed by atoms with Gasteiger partial charge in [0, 0.05) is 24.4 Å². The first-order valence-electron chi connectivity index (χ1n) is 10.4. The highest BCUT2D eigenvalue weighted by molar-refractivity contribution is 5.64. The minimum absolute atomic E-state index is 0.200. The van der Waals surface area contributed by atoms with Crippen LogP contribution in [0.3, 0.4) is 0 Å². The van der Waals surface area contributed by atoms with E-state index >= 15 is 0 Å². The Kier molecular flexibility index (Phi) is 5.80. The third-order valence-corrected chi connectivity index (χ3v) is 6.38. The van der Waals surface area contributed by atoms with Gasteiger partial charge in [-0.05, 0) is 47.9 Å². The molecule has 156 valence electrons. The van der Waals surface area contributed by atoms with E-state index in [2.05, 4.69) is 42.6 Å². The molecular weight excluding hydrogens is 374 g/mol. The molecule has 1 saturated heterocycles.